The second kappa shape index (κ2) is 6.19. The Kier molecular flexibility index (Phi) is 4.00. The third kappa shape index (κ3) is 2.91. The molecule has 2 unspecified atom stereocenters. The van der Waals surface area contributed by atoms with E-state index in [9.17, 15) is 9.59 Å². The first-order chi connectivity index (χ1) is 12.0. The highest BCUT2D eigenvalue weighted by atomic mass is 32.1. The summed E-state index contributed by atoms with van der Waals surface area (Å²) in [5, 5.41) is 0. The first-order valence-corrected chi connectivity index (χ1v) is 9.08. The second-order valence-electron chi connectivity index (χ2n) is 6.37. The molecule has 2 atom stereocenters. The van der Waals surface area contributed by atoms with Gasteiger partial charge in [-0.25, -0.2) is 9.59 Å². The molecule has 0 radical (unpaired) electrons. The fourth-order valence-electron chi connectivity index (χ4n) is 3.34. The summed E-state index contributed by atoms with van der Waals surface area (Å²) in [5.41, 5.74) is 3.51. The molecule has 1 aromatic heterocycles. The normalized spacial score (nSPS) is 21.3. The summed E-state index contributed by atoms with van der Waals surface area (Å²) in [6, 6.07) is 7.90. The van der Waals surface area contributed by atoms with Crippen LogP contribution >= 0.6 is 11.3 Å². The number of hydrogen-bond acceptors (Lipinski definition) is 6. The van der Waals surface area contributed by atoms with Crippen LogP contribution in [0.25, 0.3) is 10.4 Å². The van der Waals surface area contributed by atoms with E-state index in [4.69, 9.17) is 14.2 Å². The smallest absolute Gasteiger partial charge is 0.349 e. The van der Waals surface area contributed by atoms with Crippen LogP contribution in [0.15, 0.2) is 24.3 Å². The van der Waals surface area contributed by atoms with Crippen molar-refractivity contribution < 1.29 is 23.8 Å². The summed E-state index contributed by atoms with van der Waals surface area (Å²) in [6.07, 6.45) is 1.21. The van der Waals surface area contributed by atoms with Crippen LogP contribution in [0.1, 0.15) is 34.1 Å². The lowest BCUT2D eigenvalue weighted by atomic mass is 9.91. The van der Waals surface area contributed by atoms with E-state index >= 15 is 0 Å². The third-order valence-electron chi connectivity index (χ3n) is 4.61. The van der Waals surface area contributed by atoms with Gasteiger partial charge in [-0.05, 0) is 60.7 Å². The molecule has 1 aliphatic heterocycles. The van der Waals surface area contributed by atoms with Crippen molar-refractivity contribution in [3.63, 3.8) is 0 Å². The molecule has 2 heterocycles. The van der Waals surface area contributed by atoms with Gasteiger partial charge in [-0.15, -0.1) is 11.3 Å². The Hall–Kier alpha value is -2.34. The van der Waals surface area contributed by atoms with Gasteiger partial charge < -0.3 is 14.2 Å². The Morgan fingerprint density at radius 2 is 2.04 bits per heavy atom. The number of aryl methyl sites for hydroxylation is 2. The van der Waals surface area contributed by atoms with Crippen molar-refractivity contribution >= 4 is 23.3 Å². The van der Waals surface area contributed by atoms with Gasteiger partial charge in [0.15, 0.2) is 0 Å². The topological polar surface area (TPSA) is 61.8 Å². The number of benzene rings is 1. The molecule has 1 aliphatic carbocycles. The molecule has 0 spiro atoms. The van der Waals surface area contributed by atoms with Gasteiger partial charge >= 0.3 is 11.9 Å². The summed E-state index contributed by atoms with van der Waals surface area (Å²) in [4.78, 5) is 25.7. The Morgan fingerprint density at radius 3 is 2.76 bits per heavy atom. The molecule has 2 aromatic rings. The predicted molar refractivity (Wildman–Crippen MR) is 93.1 cm³/mol. The number of methoxy groups -OCH3 is 1. The van der Waals surface area contributed by atoms with Crippen molar-refractivity contribution in [2.75, 3.05) is 7.11 Å². The molecule has 0 N–H and O–H groups in total. The highest BCUT2D eigenvalue weighted by molar-refractivity contribution is 7.17. The zero-order valence-electron chi connectivity index (χ0n) is 14.0. The number of carbonyl (C=O) groups excluding carboxylic acids is 2. The SMILES string of the molecule is COc1ccc2c(c1)CCc1cc(C(=O)OC3CC(C)OC3=O)sc1-2. The number of cyclic esters (lactones) is 1. The fourth-order valence-corrected chi connectivity index (χ4v) is 4.49. The largest absolute Gasteiger partial charge is 0.497 e. The number of ether oxygens (including phenoxy) is 3. The standard InChI is InChI=1S/C19H18O5S/c1-10-7-15(18(20)23-10)24-19(21)16-9-12-4-3-11-8-13(22-2)5-6-14(11)17(12)25-16/h5-6,8-10,15H,3-4,7H2,1-2H3. The van der Waals surface area contributed by atoms with E-state index in [2.05, 4.69) is 0 Å². The van der Waals surface area contributed by atoms with Crippen molar-refractivity contribution in [1.82, 2.24) is 0 Å². The van der Waals surface area contributed by atoms with Crippen LogP contribution in [0.5, 0.6) is 5.75 Å². The Labute approximate surface area is 149 Å². The molecule has 1 aromatic carbocycles. The second-order valence-corrected chi connectivity index (χ2v) is 7.42. The minimum absolute atomic E-state index is 0.205. The quantitative estimate of drug-likeness (QED) is 0.787. The zero-order chi connectivity index (χ0) is 17.6. The molecule has 130 valence electrons. The first-order valence-electron chi connectivity index (χ1n) is 8.26. The summed E-state index contributed by atoms with van der Waals surface area (Å²) in [7, 11) is 1.66. The molecule has 25 heavy (non-hydrogen) atoms. The lowest BCUT2D eigenvalue weighted by Gasteiger charge is -2.16. The van der Waals surface area contributed by atoms with E-state index in [1.54, 1.807) is 14.0 Å². The van der Waals surface area contributed by atoms with Crippen molar-refractivity contribution in [2.45, 2.75) is 38.4 Å². The molecular weight excluding hydrogens is 340 g/mol. The number of fused-ring (bicyclic) bond motifs is 3. The van der Waals surface area contributed by atoms with Crippen molar-refractivity contribution in [2.24, 2.45) is 0 Å². The molecule has 0 bridgehead atoms. The Balaban J connectivity index is 1.59. The van der Waals surface area contributed by atoms with E-state index in [0.717, 1.165) is 34.6 Å². The third-order valence-corrected chi connectivity index (χ3v) is 5.80. The number of hydrogen-bond donors (Lipinski definition) is 0. The van der Waals surface area contributed by atoms with E-state index in [0.29, 0.717) is 11.3 Å². The van der Waals surface area contributed by atoms with Gasteiger partial charge in [-0.3, -0.25) is 0 Å². The van der Waals surface area contributed by atoms with Crippen LogP contribution in [0.3, 0.4) is 0 Å². The predicted octanol–water partition coefficient (Wildman–Crippen LogP) is 3.38. The number of thiophene rings is 1. The van der Waals surface area contributed by atoms with Crippen LogP contribution in [0, 0.1) is 0 Å². The molecule has 6 heteroatoms. The number of esters is 2. The number of carbonyl (C=O) groups is 2. The van der Waals surface area contributed by atoms with E-state index in [1.165, 1.54) is 16.9 Å². The monoisotopic (exact) mass is 358 g/mol. The number of rotatable bonds is 3. The van der Waals surface area contributed by atoms with Crippen molar-refractivity contribution in [3.05, 3.63) is 40.3 Å². The first kappa shape index (κ1) is 16.1. The van der Waals surface area contributed by atoms with E-state index in [-0.39, 0.29) is 6.10 Å². The molecule has 5 nitrogen and oxygen atoms in total. The maximum Gasteiger partial charge on any atom is 0.349 e. The minimum Gasteiger partial charge on any atom is -0.497 e. The van der Waals surface area contributed by atoms with Crippen molar-refractivity contribution in [3.8, 4) is 16.2 Å². The maximum atomic E-state index is 12.4. The summed E-state index contributed by atoms with van der Waals surface area (Å²) < 4.78 is 15.7. The molecule has 1 saturated heterocycles. The minimum atomic E-state index is -0.793. The lowest BCUT2D eigenvalue weighted by molar-refractivity contribution is -0.147. The van der Waals surface area contributed by atoms with E-state index in [1.807, 2.05) is 24.3 Å². The van der Waals surface area contributed by atoms with Crippen LogP contribution in [0.4, 0.5) is 0 Å². The average Bonchev–Trinajstić information content (AvgIpc) is 3.17. The highest BCUT2D eigenvalue weighted by Gasteiger charge is 2.35. The van der Waals surface area contributed by atoms with Gasteiger partial charge in [-0.1, -0.05) is 0 Å². The summed E-state index contributed by atoms with van der Waals surface area (Å²) >= 11 is 1.42. The lowest BCUT2D eigenvalue weighted by Crippen LogP contribution is -2.22. The molecule has 0 amide bonds. The average molecular weight is 358 g/mol. The molecule has 4 rings (SSSR count). The molecular formula is C19H18O5S. The van der Waals surface area contributed by atoms with Gasteiger partial charge in [0.05, 0.1) is 7.11 Å². The summed E-state index contributed by atoms with van der Waals surface area (Å²) in [5.74, 6) is -0.0719. The Morgan fingerprint density at radius 1 is 1.24 bits per heavy atom. The van der Waals surface area contributed by atoms with Crippen molar-refractivity contribution in [1.29, 1.82) is 0 Å². The van der Waals surface area contributed by atoms with Crippen LogP contribution < -0.4 is 4.74 Å². The van der Waals surface area contributed by atoms with Crippen LogP contribution in [-0.2, 0) is 27.1 Å². The highest BCUT2D eigenvalue weighted by Crippen LogP contribution is 2.41. The van der Waals surface area contributed by atoms with Crippen LogP contribution in [-0.4, -0.2) is 31.3 Å². The molecule has 1 fully saturated rings. The van der Waals surface area contributed by atoms with Gasteiger partial charge in [0.25, 0.3) is 0 Å². The zero-order valence-corrected chi connectivity index (χ0v) is 14.9. The fraction of sp³-hybridized carbons (Fsp3) is 0.368. The summed E-state index contributed by atoms with van der Waals surface area (Å²) in [6.45, 7) is 1.79. The molecule has 2 aliphatic rings. The van der Waals surface area contributed by atoms with Gasteiger partial charge in [0.1, 0.15) is 16.7 Å². The molecule has 0 saturated carbocycles. The van der Waals surface area contributed by atoms with Gasteiger partial charge in [-0.2, -0.15) is 0 Å². The Bertz CT molecular complexity index is 853. The maximum absolute atomic E-state index is 12.4. The van der Waals surface area contributed by atoms with Crippen LogP contribution in [0.2, 0.25) is 0 Å². The van der Waals surface area contributed by atoms with Gasteiger partial charge in [0.2, 0.25) is 6.10 Å². The van der Waals surface area contributed by atoms with Gasteiger partial charge in [0, 0.05) is 11.3 Å². The van der Waals surface area contributed by atoms with E-state index < -0.39 is 18.0 Å².